The summed E-state index contributed by atoms with van der Waals surface area (Å²) < 4.78 is 0.824. The molecule has 0 bridgehead atoms. The van der Waals surface area contributed by atoms with Gasteiger partial charge in [-0.05, 0) is 31.2 Å². The number of anilines is 1. The zero-order chi connectivity index (χ0) is 14.0. The van der Waals surface area contributed by atoms with E-state index in [2.05, 4.69) is 22.1 Å². The van der Waals surface area contributed by atoms with Gasteiger partial charge in [-0.1, -0.05) is 15.9 Å². The van der Waals surface area contributed by atoms with Gasteiger partial charge in [-0.25, -0.2) is 0 Å². The third-order valence-corrected chi connectivity index (χ3v) is 3.28. The molecule has 0 fully saturated rings. The molecule has 1 aromatic rings. The lowest BCUT2D eigenvalue weighted by Crippen LogP contribution is -2.19. The van der Waals surface area contributed by atoms with Gasteiger partial charge in [0.05, 0.1) is 5.69 Å². The Morgan fingerprint density at radius 1 is 1.21 bits per heavy atom. The van der Waals surface area contributed by atoms with Crippen LogP contribution in [-0.4, -0.2) is 0 Å². The number of halogens is 1. The Bertz CT molecular complexity index is 722. The van der Waals surface area contributed by atoms with Crippen molar-refractivity contribution in [1.29, 1.82) is 15.8 Å². The Labute approximate surface area is 119 Å². The van der Waals surface area contributed by atoms with Crippen LogP contribution in [0.25, 0.3) is 5.57 Å². The number of nitriles is 3. The molecule has 0 aromatic heterocycles. The van der Waals surface area contributed by atoms with E-state index in [0.717, 1.165) is 4.47 Å². The first-order valence-corrected chi connectivity index (χ1v) is 6.14. The quantitative estimate of drug-likeness (QED) is 0.543. The van der Waals surface area contributed by atoms with Gasteiger partial charge in [0, 0.05) is 21.3 Å². The van der Waals surface area contributed by atoms with E-state index >= 15 is 0 Å². The number of benzene rings is 1. The highest BCUT2D eigenvalue weighted by molar-refractivity contribution is 9.10. The summed E-state index contributed by atoms with van der Waals surface area (Å²) in [5.41, 5.74) is 2.63. The summed E-state index contributed by atoms with van der Waals surface area (Å²) >= 11 is 3.36. The molecular weight excluding hydrogens is 304 g/mol. The average Bonchev–Trinajstić information content (AvgIpc) is 2.40. The summed E-state index contributed by atoms with van der Waals surface area (Å²) in [4.78, 5) is 1.47. The lowest BCUT2D eigenvalue weighted by molar-refractivity contribution is 1.13. The first-order valence-electron chi connectivity index (χ1n) is 5.35. The molecule has 19 heavy (non-hydrogen) atoms. The fourth-order valence-electron chi connectivity index (χ4n) is 1.95. The minimum absolute atomic E-state index is 0.0382. The van der Waals surface area contributed by atoms with Crippen molar-refractivity contribution in [1.82, 2.24) is 0 Å². The maximum absolute atomic E-state index is 9.19. The predicted octanol–water partition coefficient (Wildman–Crippen LogP) is 3.45. The summed E-state index contributed by atoms with van der Waals surface area (Å²) in [6.45, 7) is 1.76. The Morgan fingerprint density at radius 2 is 1.89 bits per heavy atom. The van der Waals surface area contributed by atoms with Crippen LogP contribution in [0.1, 0.15) is 12.5 Å². The molecule has 1 aliphatic heterocycles. The van der Waals surface area contributed by atoms with Crippen LogP contribution in [0.4, 0.5) is 5.69 Å². The van der Waals surface area contributed by atoms with E-state index in [4.69, 9.17) is 10.5 Å². The number of fused-ring (bicyclic) bond motifs is 1. The van der Waals surface area contributed by atoms with Crippen molar-refractivity contribution < 1.29 is 0 Å². The number of hydrogen-bond acceptors (Lipinski definition) is 4. The molecule has 1 heterocycles. The van der Waals surface area contributed by atoms with Crippen LogP contribution >= 0.6 is 15.9 Å². The van der Waals surface area contributed by atoms with Crippen LogP contribution in [0.15, 0.2) is 40.0 Å². The smallest absolute Gasteiger partial charge is 0.189 e. The number of hydrogen-bond donors (Lipinski definition) is 0. The SMILES string of the molecule is CC1=CC(=C(C#N)C#N)c2cc(Br)ccc2N1C#N. The highest BCUT2D eigenvalue weighted by Crippen LogP contribution is 2.38. The molecule has 4 nitrogen and oxygen atoms in total. The second kappa shape index (κ2) is 4.98. The first-order chi connectivity index (χ1) is 9.12. The molecule has 0 aliphatic carbocycles. The zero-order valence-electron chi connectivity index (χ0n) is 9.98. The second-order valence-corrected chi connectivity index (χ2v) is 4.81. The third kappa shape index (κ3) is 2.10. The zero-order valence-corrected chi connectivity index (χ0v) is 11.6. The van der Waals surface area contributed by atoms with Gasteiger partial charge in [-0.15, -0.1) is 0 Å². The summed E-state index contributed by atoms with van der Waals surface area (Å²) in [6, 6.07) is 9.18. The average molecular weight is 311 g/mol. The fraction of sp³-hybridized carbons (Fsp3) is 0.0714. The van der Waals surface area contributed by atoms with E-state index in [1.165, 1.54) is 4.90 Å². The predicted molar refractivity (Wildman–Crippen MR) is 74.1 cm³/mol. The Morgan fingerprint density at radius 3 is 2.47 bits per heavy atom. The van der Waals surface area contributed by atoms with Gasteiger partial charge in [-0.3, -0.25) is 4.90 Å². The monoisotopic (exact) mass is 310 g/mol. The van der Waals surface area contributed by atoms with Crippen LogP contribution in [0.2, 0.25) is 0 Å². The van der Waals surface area contributed by atoms with Crippen molar-refractivity contribution in [3.05, 3.63) is 45.6 Å². The van der Waals surface area contributed by atoms with Crippen LogP contribution in [0.3, 0.4) is 0 Å². The van der Waals surface area contributed by atoms with Crippen LogP contribution in [0.5, 0.6) is 0 Å². The minimum atomic E-state index is 0.0382. The maximum atomic E-state index is 9.19. The third-order valence-electron chi connectivity index (χ3n) is 2.79. The largest absolute Gasteiger partial charge is 0.252 e. The van der Waals surface area contributed by atoms with Gasteiger partial charge in [0.1, 0.15) is 17.7 Å². The van der Waals surface area contributed by atoms with Gasteiger partial charge in [0.15, 0.2) is 6.19 Å². The number of nitrogens with zero attached hydrogens (tertiary/aromatic N) is 4. The number of allylic oxidation sites excluding steroid dienone is 4. The Hall–Kier alpha value is -2.55. The van der Waals surface area contributed by atoms with Gasteiger partial charge < -0.3 is 0 Å². The Balaban J connectivity index is 2.84. The van der Waals surface area contributed by atoms with Crippen molar-refractivity contribution in [2.45, 2.75) is 6.92 Å². The standard InChI is InChI=1S/C14H7BrN4/c1-9-4-12(10(6-16)7-17)13-5-11(15)2-3-14(13)19(9)8-18/h2-5H,1H3. The van der Waals surface area contributed by atoms with Crippen LogP contribution in [0, 0.1) is 34.1 Å². The molecule has 90 valence electrons. The molecule has 0 amide bonds. The van der Waals surface area contributed by atoms with E-state index in [1.54, 1.807) is 25.1 Å². The van der Waals surface area contributed by atoms with E-state index in [-0.39, 0.29) is 5.57 Å². The molecule has 0 unspecified atom stereocenters. The van der Waals surface area contributed by atoms with Gasteiger partial charge >= 0.3 is 0 Å². The van der Waals surface area contributed by atoms with Crippen LogP contribution in [-0.2, 0) is 0 Å². The summed E-state index contributed by atoms with van der Waals surface area (Å²) in [6.07, 6.45) is 3.77. The molecule has 1 aliphatic rings. The molecule has 0 N–H and O–H groups in total. The Kier molecular flexibility index (Phi) is 3.38. The molecule has 0 saturated heterocycles. The van der Waals surface area contributed by atoms with Gasteiger partial charge in [0.25, 0.3) is 0 Å². The molecule has 0 radical (unpaired) electrons. The molecule has 0 spiro atoms. The van der Waals surface area contributed by atoms with E-state index < -0.39 is 0 Å². The summed E-state index contributed by atoms with van der Waals surface area (Å²) in [5.74, 6) is 0. The van der Waals surface area contributed by atoms with Crippen LogP contribution < -0.4 is 4.90 Å². The normalized spacial score (nSPS) is 12.7. The highest BCUT2D eigenvalue weighted by atomic mass is 79.9. The van der Waals surface area contributed by atoms with Crippen molar-refractivity contribution in [2.24, 2.45) is 0 Å². The highest BCUT2D eigenvalue weighted by Gasteiger charge is 2.22. The minimum Gasteiger partial charge on any atom is -0.252 e. The number of rotatable bonds is 0. The molecule has 0 atom stereocenters. The van der Waals surface area contributed by atoms with Crippen molar-refractivity contribution in [3.8, 4) is 18.3 Å². The van der Waals surface area contributed by atoms with E-state index in [9.17, 15) is 5.26 Å². The molecule has 2 rings (SSSR count). The molecular formula is C14H7BrN4. The van der Waals surface area contributed by atoms with Gasteiger partial charge in [0.2, 0.25) is 0 Å². The molecule has 0 saturated carbocycles. The molecule has 5 heteroatoms. The first kappa shape index (κ1) is 12.9. The van der Waals surface area contributed by atoms with E-state index in [1.807, 2.05) is 18.2 Å². The topological polar surface area (TPSA) is 74.6 Å². The van der Waals surface area contributed by atoms with Crippen molar-refractivity contribution in [2.75, 3.05) is 4.90 Å². The summed E-state index contributed by atoms with van der Waals surface area (Å²) in [7, 11) is 0. The second-order valence-electron chi connectivity index (χ2n) is 3.89. The van der Waals surface area contributed by atoms with Crippen molar-refractivity contribution >= 4 is 27.2 Å². The maximum Gasteiger partial charge on any atom is 0.189 e. The lowest BCUT2D eigenvalue weighted by Gasteiger charge is -2.25. The van der Waals surface area contributed by atoms with E-state index in [0.29, 0.717) is 22.5 Å². The lowest BCUT2D eigenvalue weighted by atomic mass is 9.94. The van der Waals surface area contributed by atoms with Crippen molar-refractivity contribution in [3.63, 3.8) is 0 Å². The fourth-order valence-corrected chi connectivity index (χ4v) is 2.31. The molecule has 1 aromatic carbocycles. The van der Waals surface area contributed by atoms with Gasteiger partial charge in [-0.2, -0.15) is 15.8 Å². The summed E-state index contributed by atoms with van der Waals surface area (Å²) in [5, 5.41) is 27.3.